The summed E-state index contributed by atoms with van der Waals surface area (Å²) < 4.78 is 0. The van der Waals surface area contributed by atoms with Crippen molar-refractivity contribution in [2.45, 2.75) is 6.54 Å². The Morgan fingerprint density at radius 1 is 0.542 bits per heavy atom. The maximum Gasteiger partial charge on any atom is 0.0406 e. The fourth-order valence-electron chi connectivity index (χ4n) is 3.70. The fraction of sp³-hybridized carbons (Fsp3) is 0.0435. The third kappa shape index (κ3) is 2.02. The Morgan fingerprint density at radius 3 is 2.00 bits per heavy atom. The molecule has 1 heteroatoms. The summed E-state index contributed by atoms with van der Waals surface area (Å²) >= 11 is 0. The molecule has 5 aromatic carbocycles. The largest absolute Gasteiger partial charge is 0.381 e. The minimum Gasteiger partial charge on any atom is -0.381 e. The second-order valence-electron chi connectivity index (χ2n) is 6.30. The Balaban J connectivity index is 1.69. The quantitative estimate of drug-likeness (QED) is 0.391. The molecule has 0 aromatic heterocycles. The highest BCUT2D eigenvalue weighted by Gasteiger charge is 2.10. The molecule has 0 unspecified atom stereocenters. The van der Waals surface area contributed by atoms with E-state index in [2.05, 4.69) is 84.2 Å². The molecule has 5 aromatic rings. The van der Waals surface area contributed by atoms with Gasteiger partial charge in [0.05, 0.1) is 0 Å². The zero-order valence-electron chi connectivity index (χ0n) is 13.3. The number of hydrogen-bond acceptors (Lipinski definition) is 1. The average molecular weight is 307 g/mol. The van der Waals surface area contributed by atoms with Gasteiger partial charge in [-0.05, 0) is 50.0 Å². The summed E-state index contributed by atoms with van der Waals surface area (Å²) in [5, 5.41) is 11.6. The summed E-state index contributed by atoms with van der Waals surface area (Å²) in [6, 6.07) is 30.4. The van der Waals surface area contributed by atoms with Gasteiger partial charge in [-0.15, -0.1) is 0 Å². The average Bonchev–Trinajstić information content (AvgIpc) is 2.66. The summed E-state index contributed by atoms with van der Waals surface area (Å²) in [4.78, 5) is 0. The van der Waals surface area contributed by atoms with E-state index in [1.165, 1.54) is 37.9 Å². The van der Waals surface area contributed by atoms with Crippen LogP contribution in [0.2, 0.25) is 0 Å². The second-order valence-corrected chi connectivity index (χ2v) is 6.30. The number of para-hydroxylation sites is 1. The maximum absolute atomic E-state index is 3.54. The Bertz CT molecular complexity index is 1130. The highest BCUT2D eigenvalue weighted by molar-refractivity contribution is 6.23. The van der Waals surface area contributed by atoms with Crippen LogP contribution in [-0.2, 0) is 6.54 Å². The predicted octanol–water partition coefficient (Wildman–Crippen LogP) is 6.20. The number of nitrogens with one attached hydrogen (secondary N) is 1. The van der Waals surface area contributed by atoms with Crippen LogP contribution in [0.3, 0.4) is 0 Å². The molecular weight excluding hydrogens is 290 g/mol. The third-order valence-electron chi connectivity index (χ3n) is 4.88. The monoisotopic (exact) mass is 307 g/mol. The van der Waals surface area contributed by atoms with Gasteiger partial charge in [0.25, 0.3) is 0 Å². The summed E-state index contributed by atoms with van der Waals surface area (Å²) in [7, 11) is 0. The van der Waals surface area contributed by atoms with Crippen molar-refractivity contribution < 1.29 is 0 Å². The number of benzene rings is 5. The first-order valence-electron chi connectivity index (χ1n) is 8.34. The molecule has 24 heavy (non-hydrogen) atoms. The normalized spacial score (nSPS) is 11.5. The second kappa shape index (κ2) is 5.24. The third-order valence-corrected chi connectivity index (χ3v) is 4.88. The summed E-state index contributed by atoms with van der Waals surface area (Å²) in [6.07, 6.45) is 0. The van der Waals surface area contributed by atoms with Gasteiger partial charge >= 0.3 is 0 Å². The van der Waals surface area contributed by atoms with Gasteiger partial charge in [0.15, 0.2) is 0 Å². The Labute approximate surface area is 140 Å². The molecule has 0 spiro atoms. The first-order valence-corrected chi connectivity index (χ1v) is 8.34. The van der Waals surface area contributed by atoms with E-state index >= 15 is 0 Å². The van der Waals surface area contributed by atoms with Crippen LogP contribution >= 0.6 is 0 Å². The molecule has 0 amide bonds. The minimum absolute atomic E-state index is 0.832. The molecule has 0 saturated heterocycles. The molecule has 0 radical (unpaired) electrons. The summed E-state index contributed by atoms with van der Waals surface area (Å²) in [5.41, 5.74) is 2.49. The van der Waals surface area contributed by atoms with Crippen LogP contribution in [0.15, 0.2) is 84.9 Å². The van der Waals surface area contributed by atoms with Crippen molar-refractivity contribution in [3.05, 3.63) is 90.5 Å². The van der Waals surface area contributed by atoms with E-state index in [0.29, 0.717) is 0 Å². The number of hydrogen-bond donors (Lipinski definition) is 1. The van der Waals surface area contributed by atoms with Crippen LogP contribution in [-0.4, -0.2) is 0 Å². The molecular formula is C23H17N. The van der Waals surface area contributed by atoms with E-state index in [1.807, 2.05) is 6.07 Å². The van der Waals surface area contributed by atoms with Gasteiger partial charge < -0.3 is 5.32 Å². The number of anilines is 1. The van der Waals surface area contributed by atoms with Crippen molar-refractivity contribution in [2.75, 3.05) is 5.32 Å². The van der Waals surface area contributed by atoms with Crippen LogP contribution in [0.25, 0.3) is 32.3 Å². The Hall–Kier alpha value is -3.06. The molecule has 1 N–H and O–H groups in total. The Kier molecular flexibility index (Phi) is 2.92. The van der Waals surface area contributed by atoms with Gasteiger partial charge in [-0.2, -0.15) is 0 Å². The van der Waals surface area contributed by atoms with E-state index in [-0.39, 0.29) is 0 Å². The van der Waals surface area contributed by atoms with Crippen molar-refractivity contribution in [3.63, 3.8) is 0 Å². The SMILES string of the molecule is c1ccc(NCc2ccc3ccc4cccc5ccc2c3c45)cc1. The van der Waals surface area contributed by atoms with Crippen molar-refractivity contribution in [1.82, 2.24) is 0 Å². The molecule has 1 nitrogen and oxygen atoms in total. The molecule has 0 heterocycles. The van der Waals surface area contributed by atoms with Crippen molar-refractivity contribution in [3.8, 4) is 0 Å². The standard InChI is InChI=1S/C23H17N/c1-2-7-20(8-3-1)24-15-19-12-11-18-10-9-16-5-4-6-17-13-14-21(19)23(18)22(16)17/h1-14,24H,15H2. The van der Waals surface area contributed by atoms with Crippen LogP contribution in [0.1, 0.15) is 5.56 Å². The lowest BCUT2D eigenvalue weighted by atomic mass is 9.92. The Morgan fingerprint density at radius 2 is 1.21 bits per heavy atom. The lowest BCUT2D eigenvalue weighted by Crippen LogP contribution is -2.00. The molecule has 0 bridgehead atoms. The highest BCUT2D eigenvalue weighted by atomic mass is 14.9. The zero-order chi connectivity index (χ0) is 15.9. The van der Waals surface area contributed by atoms with Gasteiger partial charge in [0, 0.05) is 12.2 Å². The fourth-order valence-corrected chi connectivity index (χ4v) is 3.70. The van der Waals surface area contributed by atoms with Crippen molar-refractivity contribution >= 4 is 38.0 Å². The first-order chi connectivity index (χ1) is 11.9. The number of rotatable bonds is 3. The molecule has 0 saturated carbocycles. The lowest BCUT2D eigenvalue weighted by molar-refractivity contribution is 1.17. The van der Waals surface area contributed by atoms with Gasteiger partial charge in [-0.25, -0.2) is 0 Å². The molecule has 0 aliphatic heterocycles. The van der Waals surface area contributed by atoms with Crippen LogP contribution in [0, 0.1) is 0 Å². The van der Waals surface area contributed by atoms with Crippen molar-refractivity contribution in [2.24, 2.45) is 0 Å². The molecule has 5 rings (SSSR count). The van der Waals surface area contributed by atoms with Crippen LogP contribution in [0.5, 0.6) is 0 Å². The summed E-state index contributed by atoms with van der Waals surface area (Å²) in [5.74, 6) is 0. The lowest BCUT2D eigenvalue weighted by Gasteiger charge is -2.14. The van der Waals surface area contributed by atoms with Crippen molar-refractivity contribution in [1.29, 1.82) is 0 Å². The van der Waals surface area contributed by atoms with E-state index in [4.69, 9.17) is 0 Å². The van der Waals surface area contributed by atoms with Gasteiger partial charge in [0.2, 0.25) is 0 Å². The van der Waals surface area contributed by atoms with E-state index in [9.17, 15) is 0 Å². The predicted molar refractivity (Wildman–Crippen MR) is 104 cm³/mol. The maximum atomic E-state index is 3.54. The molecule has 0 atom stereocenters. The topological polar surface area (TPSA) is 12.0 Å². The van der Waals surface area contributed by atoms with E-state index in [0.717, 1.165) is 12.2 Å². The summed E-state index contributed by atoms with van der Waals surface area (Å²) in [6.45, 7) is 0.832. The zero-order valence-corrected chi connectivity index (χ0v) is 13.3. The van der Waals surface area contributed by atoms with Crippen LogP contribution in [0.4, 0.5) is 5.69 Å². The first kappa shape index (κ1) is 13.4. The van der Waals surface area contributed by atoms with E-state index in [1.54, 1.807) is 0 Å². The van der Waals surface area contributed by atoms with Gasteiger partial charge in [-0.3, -0.25) is 0 Å². The molecule has 0 aliphatic carbocycles. The minimum atomic E-state index is 0.832. The van der Waals surface area contributed by atoms with Gasteiger partial charge in [-0.1, -0.05) is 72.8 Å². The molecule has 0 aliphatic rings. The molecule has 114 valence electrons. The smallest absolute Gasteiger partial charge is 0.0406 e. The van der Waals surface area contributed by atoms with Gasteiger partial charge in [0.1, 0.15) is 0 Å². The molecule has 0 fully saturated rings. The van der Waals surface area contributed by atoms with E-state index < -0.39 is 0 Å². The van der Waals surface area contributed by atoms with Crippen LogP contribution < -0.4 is 5.32 Å². The highest BCUT2D eigenvalue weighted by Crippen LogP contribution is 2.36.